The first-order chi connectivity index (χ1) is 13.0. The average Bonchev–Trinajstić information content (AvgIpc) is 3.30. The van der Waals surface area contributed by atoms with E-state index >= 15 is 0 Å². The van der Waals surface area contributed by atoms with Gasteiger partial charge in [0, 0.05) is 25.2 Å². The highest BCUT2D eigenvalue weighted by molar-refractivity contribution is 7.89. The van der Waals surface area contributed by atoms with E-state index in [1.165, 1.54) is 4.90 Å². The minimum absolute atomic E-state index is 0.156. The standard InChI is InChI=1S/C18H27N5O3S/c24-18(20-15-3-4-15)14-21-9-11-22(12-10-21)17-6-5-16(13-19-17)27(25,26)23-7-1-2-8-23/h5-6,13,15H,1-4,7-12,14H2,(H,20,24)/p+2. The Balaban J connectivity index is 1.31. The molecule has 1 aliphatic carbocycles. The van der Waals surface area contributed by atoms with Gasteiger partial charge in [-0.2, -0.15) is 4.31 Å². The largest absolute Gasteiger partial charge is 0.348 e. The van der Waals surface area contributed by atoms with E-state index in [1.807, 2.05) is 6.07 Å². The highest BCUT2D eigenvalue weighted by Gasteiger charge is 2.31. The normalized spacial score (nSPS) is 22.1. The number of aromatic amines is 1. The van der Waals surface area contributed by atoms with Crippen molar-refractivity contribution in [3.05, 3.63) is 18.3 Å². The number of amides is 1. The first-order valence-electron chi connectivity index (χ1n) is 9.92. The smallest absolute Gasteiger partial charge is 0.275 e. The van der Waals surface area contributed by atoms with Gasteiger partial charge in [-0.25, -0.2) is 13.4 Å². The number of nitrogens with one attached hydrogen (secondary N) is 3. The van der Waals surface area contributed by atoms with Crippen molar-refractivity contribution in [2.45, 2.75) is 36.6 Å². The number of carbonyl (C=O) groups excluding carboxylic acids is 1. The summed E-state index contributed by atoms with van der Waals surface area (Å²) in [5, 5.41) is 3.05. The van der Waals surface area contributed by atoms with Crippen LogP contribution in [0.3, 0.4) is 0 Å². The van der Waals surface area contributed by atoms with Crippen LogP contribution < -0.4 is 20.1 Å². The van der Waals surface area contributed by atoms with Gasteiger partial charge in [0.25, 0.3) is 11.7 Å². The molecule has 2 aliphatic heterocycles. The molecule has 0 radical (unpaired) electrons. The zero-order valence-electron chi connectivity index (χ0n) is 15.6. The maximum absolute atomic E-state index is 12.6. The third-order valence-corrected chi connectivity index (χ3v) is 7.53. The summed E-state index contributed by atoms with van der Waals surface area (Å²) >= 11 is 0. The van der Waals surface area contributed by atoms with Crippen LogP contribution in [-0.4, -0.2) is 70.5 Å². The number of carbonyl (C=O) groups is 1. The first-order valence-corrected chi connectivity index (χ1v) is 11.4. The maximum atomic E-state index is 12.6. The summed E-state index contributed by atoms with van der Waals surface area (Å²) in [6, 6.07) is 3.97. The van der Waals surface area contributed by atoms with E-state index in [0.717, 1.165) is 57.7 Å². The number of rotatable bonds is 6. The summed E-state index contributed by atoms with van der Waals surface area (Å²) in [5.74, 6) is 1.08. The minimum Gasteiger partial charge on any atom is -0.348 e. The fraction of sp³-hybridized carbons (Fsp3) is 0.667. The molecule has 148 valence electrons. The second-order valence-corrected chi connectivity index (χ2v) is 9.71. The third-order valence-electron chi connectivity index (χ3n) is 5.63. The van der Waals surface area contributed by atoms with E-state index in [1.54, 1.807) is 16.6 Å². The van der Waals surface area contributed by atoms with Gasteiger partial charge < -0.3 is 10.2 Å². The molecule has 0 aromatic carbocycles. The van der Waals surface area contributed by atoms with Crippen molar-refractivity contribution < 1.29 is 23.1 Å². The van der Waals surface area contributed by atoms with E-state index in [4.69, 9.17) is 0 Å². The summed E-state index contributed by atoms with van der Waals surface area (Å²) in [7, 11) is -3.38. The Hall–Kier alpha value is -1.71. The molecule has 9 heteroatoms. The molecule has 3 N–H and O–H groups in total. The highest BCUT2D eigenvalue weighted by Crippen LogP contribution is 2.20. The van der Waals surface area contributed by atoms with Crippen LogP contribution in [0.2, 0.25) is 0 Å². The molecule has 1 saturated carbocycles. The zero-order chi connectivity index (χ0) is 18.9. The molecular weight excluding hydrogens is 366 g/mol. The molecule has 1 aromatic heterocycles. The van der Waals surface area contributed by atoms with Crippen LogP contribution in [0.5, 0.6) is 0 Å². The van der Waals surface area contributed by atoms with E-state index < -0.39 is 10.0 Å². The average molecular weight is 396 g/mol. The van der Waals surface area contributed by atoms with E-state index in [2.05, 4.69) is 15.2 Å². The van der Waals surface area contributed by atoms with Crippen LogP contribution in [0.25, 0.3) is 0 Å². The molecule has 0 spiro atoms. The molecule has 3 fully saturated rings. The van der Waals surface area contributed by atoms with Crippen molar-refractivity contribution >= 4 is 21.7 Å². The van der Waals surface area contributed by atoms with Gasteiger partial charge in [-0.1, -0.05) is 0 Å². The molecule has 3 heterocycles. The summed E-state index contributed by atoms with van der Waals surface area (Å²) in [5.41, 5.74) is 0. The molecule has 0 bridgehead atoms. The van der Waals surface area contributed by atoms with Crippen molar-refractivity contribution in [2.24, 2.45) is 0 Å². The lowest BCUT2D eigenvalue weighted by molar-refractivity contribution is -0.892. The number of hydrogen-bond donors (Lipinski definition) is 2. The summed E-state index contributed by atoms with van der Waals surface area (Å²) < 4.78 is 26.8. The zero-order valence-corrected chi connectivity index (χ0v) is 16.4. The number of quaternary nitrogens is 1. The van der Waals surface area contributed by atoms with Crippen LogP contribution in [-0.2, 0) is 14.8 Å². The van der Waals surface area contributed by atoms with Gasteiger partial charge in [0.2, 0.25) is 10.0 Å². The van der Waals surface area contributed by atoms with Crippen molar-refractivity contribution in [1.29, 1.82) is 0 Å². The number of nitrogens with zero attached hydrogens (tertiary/aromatic N) is 2. The first kappa shape index (κ1) is 18.6. The van der Waals surface area contributed by atoms with Gasteiger partial charge in [0.05, 0.1) is 0 Å². The van der Waals surface area contributed by atoms with Gasteiger partial charge >= 0.3 is 0 Å². The number of hydrogen-bond acceptors (Lipinski definition) is 4. The van der Waals surface area contributed by atoms with Crippen LogP contribution in [0, 0.1) is 0 Å². The topological polar surface area (TPSA) is 88.3 Å². The van der Waals surface area contributed by atoms with E-state index in [0.29, 0.717) is 30.6 Å². The number of pyridine rings is 1. The van der Waals surface area contributed by atoms with Gasteiger partial charge in [-0.3, -0.25) is 9.69 Å². The van der Waals surface area contributed by atoms with Crippen LogP contribution >= 0.6 is 0 Å². The van der Waals surface area contributed by atoms with Crippen molar-refractivity contribution in [3.63, 3.8) is 0 Å². The number of aromatic nitrogens is 1. The Morgan fingerprint density at radius 3 is 2.44 bits per heavy atom. The van der Waals surface area contributed by atoms with Crippen LogP contribution in [0.1, 0.15) is 25.7 Å². The minimum atomic E-state index is -3.38. The van der Waals surface area contributed by atoms with Gasteiger partial charge in [0.1, 0.15) is 37.3 Å². The predicted octanol–water partition coefficient (Wildman–Crippen LogP) is -1.73. The van der Waals surface area contributed by atoms with Gasteiger partial charge in [-0.05, 0) is 31.7 Å². The number of sulfonamides is 1. The third kappa shape index (κ3) is 4.41. The van der Waals surface area contributed by atoms with Crippen molar-refractivity contribution in [2.75, 3.05) is 50.7 Å². The van der Waals surface area contributed by atoms with Gasteiger partial charge in [-0.15, -0.1) is 0 Å². The Bertz CT molecular complexity index is 765. The summed E-state index contributed by atoms with van der Waals surface area (Å²) in [4.78, 5) is 18.9. The SMILES string of the molecule is O=C(C[NH+]1CCN(c2ccc(S(=O)(=O)N3CCCC3)c[nH+]2)CC1)NC1CC1. The molecular formula is C18H29N5O3S+2. The quantitative estimate of drug-likeness (QED) is 0.599. The van der Waals surface area contributed by atoms with Crippen LogP contribution in [0.15, 0.2) is 23.2 Å². The molecule has 27 heavy (non-hydrogen) atoms. The van der Waals surface area contributed by atoms with Gasteiger partial charge in [0.15, 0.2) is 6.54 Å². The lowest BCUT2D eigenvalue weighted by atomic mass is 10.3. The molecule has 0 atom stereocenters. The highest BCUT2D eigenvalue weighted by atomic mass is 32.2. The fourth-order valence-corrected chi connectivity index (χ4v) is 5.30. The molecule has 1 amide bonds. The lowest BCUT2D eigenvalue weighted by Gasteiger charge is -2.28. The lowest BCUT2D eigenvalue weighted by Crippen LogP contribution is -3.16. The van der Waals surface area contributed by atoms with Crippen molar-refractivity contribution in [3.8, 4) is 0 Å². The van der Waals surface area contributed by atoms with E-state index in [9.17, 15) is 13.2 Å². The monoisotopic (exact) mass is 395 g/mol. The molecule has 3 aliphatic rings. The fourth-order valence-electron chi connectivity index (χ4n) is 3.81. The number of piperazine rings is 1. The number of H-pyrrole nitrogens is 1. The summed E-state index contributed by atoms with van der Waals surface area (Å²) in [6.45, 7) is 5.27. The molecule has 0 unspecified atom stereocenters. The maximum Gasteiger partial charge on any atom is 0.275 e. The molecule has 8 nitrogen and oxygen atoms in total. The van der Waals surface area contributed by atoms with Crippen molar-refractivity contribution in [1.82, 2.24) is 9.62 Å². The Morgan fingerprint density at radius 1 is 1.15 bits per heavy atom. The molecule has 1 aromatic rings. The number of anilines is 1. The molecule has 2 saturated heterocycles. The Labute approximate surface area is 160 Å². The second-order valence-electron chi connectivity index (χ2n) is 7.78. The van der Waals surface area contributed by atoms with E-state index in [-0.39, 0.29) is 5.91 Å². The summed E-state index contributed by atoms with van der Waals surface area (Å²) in [6.07, 6.45) is 5.71. The second kappa shape index (κ2) is 7.73. The molecule has 4 rings (SSSR count). The Morgan fingerprint density at radius 2 is 1.85 bits per heavy atom. The Kier molecular flexibility index (Phi) is 5.34. The predicted molar refractivity (Wildman–Crippen MR) is 99.9 cm³/mol. The van der Waals surface area contributed by atoms with Crippen LogP contribution in [0.4, 0.5) is 5.82 Å².